The Bertz CT molecular complexity index is 658. The summed E-state index contributed by atoms with van der Waals surface area (Å²) in [6.45, 7) is 1.23. The van der Waals surface area contributed by atoms with Crippen LogP contribution in [0.4, 0.5) is 13.2 Å². The van der Waals surface area contributed by atoms with Crippen molar-refractivity contribution >= 4 is 0 Å². The van der Waals surface area contributed by atoms with Crippen molar-refractivity contribution in [3.8, 4) is 0 Å². The van der Waals surface area contributed by atoms with Crippen LogP contribution in [0, 0.1) is 0 Å². The van der Waals surface area contributed by atoms with E-state index in [2.05, 4.69) is 9.88 Å². The lowest BCUT2D eigenvalue weighted by molar-refractivity contribution is -0.137. The summed E-state index contributed by atoms with van der Waals surface area (Å²) in [6.07, 6.45) is -1.77. The number of alkyl halides is 3. The first kappa shape index (κ1) is 16.9. The normalized spacial score (nSPS) is 22.0. The Kier molecular flexibility index (Phi) is 4.87. The molecule has 3 rings (SSSR count). The van der Waals surface area contributed by atoms with Gasteiger partial charge in [0.15, 0.2) is 0 Å². The van der Waals surface area contributed by atoms with Gasteiger partial charge in [-0.3, -0.25) is 9.88 Å². The maximum absolute atomic E-state index is 12.7. The van der Waals surface area contributed by atoms with Crippen molar-refractivity contribution < 1.29 is 18.3 Å². The first-order valence-corrected chi connectivity index (χ1v) is 7.92. The molecule has 1 N–H and O–H groups in total. The summed E-state index contributed by atoms with van der Waals surface area (Å²) in [5.41, 5.74) is 1.12. The van der Waals surface area contributed by atoms with Gasteiger partial charge in [-0.2, -0.15) is 13.2 Å². The van der Waals surface area contributed by atoms with Crippen LogP contribution < -0.4 is 0 Å². The summed E-state index contributed by atoms with van der Waals surface area (Å²) < 4.78 is 38.1. The summed E-state index contributed by atoms with van der Waals surface area (Å²) in [5.74, 6) is 0. The number of aliphatic hydroxyl groups is 1. The molecule has 1 aromatic carbocycles. The van der Waals surface area contributed by atoms with Crippen molar-refractivity contribution in [3.05, 3.63) is 65.5 Å². The minimum absolute atomic E-state index is 0.0639. The van der Waals surface area contributed by atoms with Gasteiger partial charge in [-0.15, -0.1) is 0 Å². The Labute approximate surface area is 138 Å². The van der Waals surface area contributed by atoms with E-state index in [0.717, 1.165) is 29.8 Å². The molecule has 2 aromatic rings. The molecule has 0 spiro atoms. The number of β-amino-alcohol motifs (C(OH)–C–C–N with tert-alkyl or cyclic N) is 1. The van der Waals surface area contributed by atoms with Crippen molar-refractivity contribution in [3.63, 3.8) is 0 Å². The zero-order chi connectivity index (χ0) is 17.2. The number of hydrogen-bond acceptors (Lipinski definition) is 3. The monoisotopic (exact) mass is 336 g/mol. The zero-order valence-electron chi connectivity index (χ0n) is 13.1. The number of nitrogens with zero attached hydrogens (tertiary/aromatic N) is 2. The van der Waals surface area contributed by atoms with Gasteiger partial charge in [0.2, 0.25) is 0 Å². The summed E-state index contributed by atoms with van der Waals surface area (Å²) in [6, 6.07) is 10.9. The van der Waals surface area contributed by atoms with Gasteiger partial charge in [-0.05, 0) is 36.2 Å². The molecule has 0 bridgehead atoms. The Balaban J connectivity index is 1.70. The highest BCUT2D eigenvalue weighted by atomic mass is 19.4. The Hall–Kier alpha value is -1.92. The van der Waals surface area contributed by atoms with E-state index in [4.69, 9.17) is 0 Å². The summed E-state index contributed by atoms with van der Waals surface area (Å²) >= 11 is 0. The average Bonchev–Trinajstić information content (AvgIpc) is 2.94. The zero-order valence-corrected chi connectivity index (χ0v) is 13.1. The molecule has 1 aliphatic heterocycles. The number of rotatable bonds is 4. The van der Waals surface area contributed by atoms with Crippen LogP contribution in [0.25, 0.3) is 0 Å². The molecule has 1 aliphatic rings. The predicted octanol–water partition coefficient (Wildman–Crippen LogP) is 3.45. The van der Waals surface area contributed by atoms with Crippen LogP contribution in [0.5, 0.6) is 0 Å². The van der Waals surface area contributed by atoms with E-state index in [0.29, 0.717) is 19.5 Å². The minimum Gasteiger partial charge on any atom is -0.392 e. The standard InChI is InChI=1S/C18H19F3N2O/c19-18(20,21)14-6-4-13(5-7-14)17-11-16(24)12-23(17)10-8-15-3-1-2-9-22-15/h1-7,9,16-17,24H,8,10-12H2/t16-,17+/m0/s1. The van der Waals surface area contributed by atoms with E-state index in [1.165, 1.54) is 12.1 Å². The van der Waals surface area contributed by atoms with Crippen LogP contribution in [-0.4, -0.2) is 34.2 Å². The number of halogens is 3. The largest absolute Gasteiger partial charge is 0.416 e. The van der Waals surface area contributed by atoms with Gasteiger partial charge in [0.25, 0.3) is 0 Å². The Morgan fingerprint density at radius 2 is 1.88 bits per heavy atom. The topological polar surface area (TPSA) is 36.4 Å². The van der Waals surface area contributed by atoms with E-state index in [-0.39, 0.29) is 6.04 Å². The third-order valence-electron chi connectivity index (χ3n) is 4.39. The molecule has 1 aromatic heterocycles. The van der Waals surface area contributed by atoms with Gasteiger partial charge in [0, 0.05) is 37.4 Å². The number of hydrogen-bond donors (Lipinski definition) is 1. The molecule has 2 atom stereocenters. The first-order valence-electron chi connectivity index (χ1n) is 7.92. The van der Waals surface area contributed by atoms with Crippen LogP contribution in [0.2, 0.25) is 0 Å². The number of aromatic nitrogens is 1. The number of likely N-dealkylation sites (tertiary alicyclic amines) is 1. The summed E-state index contributed by atoms with van der Waals surface area (Å²) in [5, 5.41) is 9.98. The number of pyridine rings is 1. The molecule has 6 heteroatoms. The van der Waals surface area contributed by atoms with Gasteiger partial charge < -0.3 is 5.11 Å². The Morgan fingerprint density at radius 3 is 2.50 bits per heavy atom. The van der Waals surface area contributed by atoms with E-state index in [1.807, 2.05) is 18.2 Å². The second-order valence-electron chi connectivity index (χ2n) is 6.09. The fraction of sp³-hybridized carbons (Fsp3) is 0.389. The number of benzene rings is 1. The van der Waals surface area contributed by atoms with Crippen molar-refractivity contribution in [2.45, 2.75) is 31.2 Å². The summed E-state index contributed by atoms with van der Waals surface area (Å²) in [7, 11) is 0. The predicted molar refractivity (Wildman–Crippen MR) is 84.3 cm³/mol. The van der Waals surface area contributed by atoms with Crippen molar-refractivity contribution in [1.82, 2.24) is 9.88 Å². The van der Waals surface area contributed by atoms with Crippen LogP contribution in [0.15, 0.2) is 48.7 Å². The van der Waals surface area contributed by atoms with E-state index in [1.54, 1.807) is 6.20 Å². The minimum atomic E-state index is -4.33. The Morgan fingerprint density at radius 1 is 1.12 bits per heavy atom. The second-order valence-corrected chi connectivity index (χ2v) is 6.09. The molecule has 1 fully saturated rings. The van der Waals surface area contributed by atoms with Crippen LogP contribution >= 0.6 is 0 Å². The van der Waals surface area contributed by atoms with Gasteiger partial charge >= 0.3 is 6.18 Å². The lowest BCUT2D eigenvalue weighted by Crippen LogP contribution is -2.27. The molecule has 0 saturated carbocycles. The molecule has 0 radical (unpaired) electrons. The SMILES string of the molecule is O[C@H]1C[C@H](c2ccc(C(F)(F)F)cc2)N(CCc2ccccn2)C1. The second kappa shape index (κ2) is 6.91. The fourth-order valence-electron chi connectivity index (χ4n) is 3.17. The molecule has 0 aliphatic carbocycles. The van der Waals surface area contributed by atoms with Gasteiger partial charge in [0.1, 0.15) is 0 Å². The third-order valence-corrected chi connectivity index (χ3v) is 4.39. The average molecular weight is 336 g/mol. The quantitative estimate of drug-likeness (QED) is 0.929. The van der Waals surface area contributed by atoms with Crippen LogP contribution in [0.3, 0.4) is 0 Å². The maximum Gasteiger partial charge on any atom is 0.416 e. The molecular formula is C18H19F3N2O. The molecular weight excluding hydrogens is 317 g/mol. The molecule has 128 valence electrons. The maximum atomic E-state index is 12.7. The lowest BCUT2D eigenvalue weighted by Gasteiger charge is -2.24. The van der Waals surface area contributed by atoms with E-state index >= 15 is 0 Å². The molecule has 1 saturated heterocycles. The third kappa shape index (κ3) is 3.94. The molecule has 2 heterocycles. The molecule has 0 amide bonds. The van der Waals surface area contributed by atoms with E-state index < -0.39 is 17.8 Å². The highest BCUT2D eigenvalue weighted by Crippen LogP contribution is 2.35. The first-order chi connectivity index (χ1) is 11.4. The van der Waals surface area contributed by atoms with E-state index in [9.17, 15) is 18.3 Å². The molecule has 24 heavy (non-hydrogen) atoms. The highest BCUT2D eigenvalue weighted by molar-refractivity contribution is 5.27. The molecule has 0 unspecified atom stereocenters. The van der Waals surface area contributed by atoms with Crippen LogP contribution in [-0.2, 0) is 12.6 Å². The molecule has 3 nitrogen and oxygen atoms in total. The van der Waals surface area contributed by atoms with Crippen molar-refractivity contribution in [1.29, 1.82) is 0 Å². The fourth-order valence-corrected chi connectivity index (χ4v) is 3.17. The smallest absolute Gasteiger partial charge is 0.392 e. The van der Waals surface area contributed by atoms with Gasteiger partial charge in [-0.1, -0.05) is 18.2 Å². The lowest BCUT2D eigenvalue weighted by atomic mass is 10.0. The van der Waals surface area contributed by atoms with Gasteiger partial charge in [-0.25, -0.2) is 0 Å². The van der Waals surface area contributed by atoms with Crippen LogP contribution in [0.1, 0.15) is 29.3 Å². The number of aliphatic hydroxyl groups excluding tert-OH is 1. The van der Waals surface area contributed by atoms with Crippen molar-refractivity contribution in [2.24, 2.45) is 0 Å². The van der Waals surface area contributed by atoms with Gasteiger partial charge in [0.05, 0.1) is 11.7 Å². The summed E-state index contributed by atoms with van der Waals surface area (Å²) in [4.78, 5) is 6.39. The van der Waals surface area contributed by atoms with Crippen molar-refractivity contribution in [2.75, 3.05) is 13.1 Å². The highest BCUT2D eigenvalue weighted by Gasteiger charge is 2.33.